The lowest BCUT2D eigenvalue weighted by Gasteiger charge is -2.11. The predicted molar refractivity (Wildman–Crippen MR) is 90.7 cm³/mol. The fraction of sp³-hybridized carbons (Fsp3) is 0.200. The molecule has 0 aliphatic heterocycles. The molecule has 0 aliphatic rings. The standard InChI is InChI=1S/C15H14Br2ClNO/c1-2-19-9-10-3-5-15(13(18)7-10)20-14-6-4-11(16)8-12(14)17/h3-8,19H,2,9H2,1H3. The molecule has 5 heteroatoms. The molecule has 0 atom stereocenters. The SMILES string of the molecule is CCNCc1ccc(Oc2ccc(Br)cc2Br)c(Cl)c1. The van der Waals surface area contributed by atoms with Crippen molar-refractivity contribution in [3.8, 4) is 11.5 Å². The Hall–Kier alpha value is -0.550. The van der Waals surface area contributed by atoms with Crippen LogP contribution in [0.25, 0.3) is 0 Å². The average molecular weight is 420 g/mol. The minimum Gasteiger partial charge on any atom is -0.455 e. The Morgan fingerprint density at radius 2 is 1.85 bits per heavy atom. The summed E-state index contributed by atoms with van der Waals surface area (Å²) in [4.78, 5) is 0. The molecule has 0 saturated heterocycles. The van der Waals surface area contributed by atoms with Crippen LogP contribution in [0.1, 0.15) is 12.5 Å². The zero-order chi connectivity index (χ0) is 14.5. The van der Waals surface area contributed by atoms with Gasteiger partial charge in [0.05, 0.1) is 9.50 Å². The second-order valence-electron chi connectivity index (χ2n) is 4.22. The van der Waals surface area contributed by atoms with Crippen molar-refractivity contribution in [1.82, 2.24) is 5.32 Å². The lowest BCUT2D eigenvalue weighted by Crippen LogP contribution is -2.11. The van der Waals surface area contributed by atoms with Crippen molar-refractivity contribution >= 4 is 43.5 Å². The molecule has 2 rings (SSSR count). The van der Waals surface area contributed by atoms with Gasteiger partial charge in [0.2, 0.25) is 0 Å². The summed E-state index contributed by atoms with van der Waals surface area (Å²) in [6.07, 6.45) is 0. The van der Waals surface area contributed by atoms with Gasteiger partial charge in [-0.3, -0.25) is 0 Å². The first-order valence-corrected chi connectivity index (χ1v) is 8.18. The third-order valence-corrected chi connectivity index (χ3v) is 4.10. The van der Waals surface area contributed by atoms with Gasteiger partial charge in [-0.05, 0) is 58.4 Å². The molecule has 0 saturated carbocycles. The van der Waals surface area contributed by atoms with Crippen molar-refractivity contribution in [2.45, 2.75) is 13.5 Å². The van der Waals surface area contributed by atoms with Crippen LogP contribution in [-0.4, -0.2) is 6.54 Å². The van der Waals surface area contributed by atoms with Gasteiger partial charge >= 0.3 is 0 Å². The number of halogens is 3. The Kier molecular flexibility index (Phi) is 5.90. The third kappa shape index (κ3) is 4.22. The molecule has 0 heterocycles. The Balaban J connectivity index is 2.17. The smallest absolute Gasteiger partial charge is 0.146 e. The van der Waals surface area contributed by atoms with Crippen LogP contribution in [0.2, 0.25) is 5.02 Å². The molecule has 106 valence electrons. The highest BCUT2D eigenvalue weighted by atomic mass is 79.9. The van der Waals surface area contributed by atoms with Gasteiger partial charge < -0.3 is 10.1 Å². The molecule has 20 heavy (non-hydrogen) atoms. The van der Waals surface area contributed by atoms with Gasteiger partial charge in [0.15, 0.2) is 0 Å². The molecule has 2 aromatic carbocycles. The number of nitrogens with one attached hydrogen (secondary N) is 1. The molecule has 2 aromatic rings. The molecule has 0 aromatic heterocycles. The fourth-order valence-electron chi connectivity index (χ4n) is 1.68. The van der Waals surface area contributed by atoms with Crippen LogP contribution >= 0.6 is 43.5 Å². The number of hydrogen-bond acceptors (Lipinski definition) is 2. The number of hydrogen-bond donors (Lipinski definition) is 1. The number of benzene rings is 2. The second-order valence-corrected chi connectivity index (χ2v) is 6.40. The van der Waals surface area contributed by atoms with E-state index in [0.29, 0.717) is 10.8 Å². The molecular weight excluding hydrogens is 405 g/mol. The summed E-state index contributed by atoms with van der Waals surface area (Å²) >= 11 is 13.1. The van der Waals surface area contributed by atoms with Gasteiger partial charge in [-0.15, -0.1) is 0 Å². The first kappa shape index (κ1) is 15.8. The molecule has 0 spiro atoms. The zero-order valence-corrected chi connectivity index (χ0v) is 14.8. The average Bonchev–Trinajstić information content (AvgIpc) is 2.42. The maximum Gasteiger partial charge on any atom is 0.146 e. The third-order valence-electron chi connectivity index (χ3n) is 2.69. The molecule has 0 aliphatic carbocycles. The molecule has 1 N–H and O–H groups in total. The van der Waals surface area contributed by atoms with Gasteiger partial charge in [-0.1, -0.05) is 40.5 Å². The van der Waals surface area contributed by atoms with Crippen LogP contribution < -0.4 is 10.1 Å². The number of rotatable bonds is 5. The van der Waals surface area contributed by atoms with Gasteiger partial charge in [0, 0.05) is 11.0 Å². The van der Waals surface area contributed by atoms with Crippen LogP contribution in [0.3, 0.4) is 0 Å². The summed E-state index contributed by atoms with van der Waals surface area (Å²) in [6, 6.07) is 11.6. The molecule has 0 fully saturated rings. The normalized spacial score (nSPS) is 10.6. The van der Waals surface area contributed by atoms with E-state index in [1.807, 2.05) is 36.4 Å². The molecule has 0 amide bonds. The maximum absolute atomic E-state index is 6.26. The topological polar surface area (TPSA) is 21.3 Å². The highest BCUT2D eigenvalue weighted by Gasteiger charge is 2.07. The van der Waals surface area contributed by atoms with Crippen molar-refractivity contribution < 1.29 is 4.74 Å². The van der Waals surface area contributed by atoms with Gasteiger partial charge in [-0.2, -0.15) is 0 Å². The molecule has 0 unspecified atom stereocenters. The maximum atomic E-state index is 6.26. The first-order chi connectivity index (χ1) is 9.60. The summed E-state index contributed by atoms with van der Waals surface area (Å²) in [5.41, 5.74) is 1.14. The summed E-state index contributed by atoms with van der Waals surface area (Å²) in [5, 5.41) is 3.87. The van der Waals surface area contributed by atoms with E-state index in [1.165, 1.54) is 0 Å². The zero-order valence-electron chi connectivity index (χ0n) is 10.9. The largest absolute Gasteiger partial charge is 0.455 e. The van der Waals surface area contributed by atoms with E-state index in [4.69, 9.17) is 16.3 Å². The second kappa shape index (κ2) is 7.46. The summed E-state index contributed by atoms with van der Waals surface area (Å²) < 4.78 is 7.70. The highest BCUT2D eigenvalue weighted by molar-refractivity contribution is 9.11. The van der Waals surface area contributed by atoms with Crippen molar-refractivity contribution in [2.24, 2.45) is 0 Å². The molecule has 2 nitrogen and oxygen atoms in total. The van der Waals surface area contributed by atoms with Crippen molar-refractivity contribution in [1.29, 1.82) is 0 Å². The van der Waals surface area contributed by atoms with Crippen LogP contribution in [0.4, 0.5) is 0 Å². The Labute approximate surface area is 140 Å². The van der Waals surface area contributed by atoms with Gasteiger partial charge in [0.1, 0.15) is 11.5 Å². The van der Waals surface area contributed by atoms with Gasteiger partial charge in [0.25, 0.3) is 0 Å². The lowest BCUT2D eigenvalue weighted by atomic mass is 10.2. The van der Waals surface area contributed by atoms with E-state index in [9.17, 15) is 0 Å². The summed E-state index contributed by atoms with van der Waals surface area (Å²) in [6.45, 7) is 3.81. The number of ether oxygens (including phenoxy) is 1. The van der Waals surface area contributed by atoms with Crippen LogP contribution in [0.15, 0.2) is 45.3 Å². The van der Waals surface area contributed by atoms with Gasteiger partial charge in [-0.25, -0.2) is 0 Å². The predicted octanol–water partition coefficient (Wildman–Crippen LogP) is 5.77. The Morgan fingerprint density at radius 3 is 2.50 bits per heavy atom. The Morgan fingerprint density at radius 1 is 1.10 bits per heavy atom. The highest BCUT2D eigenvalue weighted by Crippen LogP contribution is 2.35. The van der Waals surface area contributed by atoms with Crippen LogP contribution in [0.5, 0.6) is 11.5 Å². The van der Waals surface area contributed by atoms with E-state index in [-0.39, 0.29) is 0 Å². The fourth-order valence-corrected chi connectivity index (χ4v) is 3.05. The van der Waals surface area contributed by atoms with E-state index in [2.05, 4.69) is 44.1 Å². The van der Waals surface area contributed by atoms with E-state index in [1.54, 1.807) is 0 Å². The summed E-state index contributed by atoms with van der Waals surface area (Å²) in [5.74, 6) is 1.38. The van der Waals surface area contributed by atoms with E-state index >= 15 is 0 Å². The first-order valence-electron chi connectivity index (χ1n) is 6.22. The van der Waals surface area contributed by atoms with E-state index < -0.39 is 0 Å². The minimum atomic E-state index is 0.607. The van der Waals surface area contributed by atoms with E-state index in [0.717, 1.165) is 33.3 Å². The van der Waals surface area contributed by atoms with Crippen molar-refractivity contribution in [3.63, 3.8) is 0 Å². The lowest BCUT2D eigenvalue weighted by molar-refractivity contribution is 0.479. The monoisotopic (exact) mass is 417 g/mol. The minimum absolute atomic E-state index is 0.607. The summed E-state index contributed by atoms with van der Waals surface area (Å²) in [7, 11) is 0. The molecule has 0 bridgehead atoms. The molecular formula is C15H14Br2ClNO. The van der Waals surface area contributed by atoms with Crippen LogP contribution in [0, 0.1) is 0 Å². The quantitative estimate of drug-likeness (QED) is 0.665. The Bertz CT molecular complexity index is 604. The van der Waals surface area contributed by atoms with Crippen molar-refractivity contribution in [3.05, 3.63) is 55.9 Å². The molecule has 0 radical (unpaired) electrons. The van der Waals surface area contributed by atoms with Crippen molar-refractivity contribution in [2.75, 3.05) is 6.54 Å². The van der Waals surface area contributed by atoms with Crippen LogP contribution in [-0.2, 0) is 6.54 Å².